The lowest BCUT2D eigenvalue weighted by Gasteiger charge is -2.34. The molecule has 0 spiro atoms. The van der Waals surface area contributed by atoms with Gasteiger partial charge in [0.25, 0.3) is 10.0 Å². The highest BCUT2D eigenvalue weighted by Crippen LogP contribution is 2.36. The van der Waals surface area contributed by atoms with Gasteiger partial charge in [-0.05, 0) is 49.2 Å². The number of carbonyl (C=O) groups is 2. The van der Waals surface area contributed by atoms with Crippen molar-refractivity contribution in [2.24, 2.45) is 0 Å². The highest BCUT2D eigenvalue weighted by Gasteiger charge is 2.35. The Morgan fingerprint density at radius 2 is 1.47 bits per heavy atom. The molecule has 1 atom stereocenters. The Bertz CT molecular complexity index is 1710. The van der Waals surface area contributed by atoms with Crippen LogP contribution < -0.4 is 19.1 Å². The monoisotopic (exact) mass is 627 g/mol. The third kappa shape index (κ3) is 7.64. The molecule has 2 amide bonds. The predicted molar refractivity (Wildman–Crippen MR) is 173 cm³/mol. The van der Waals surface area contributed by atoms with Crippen molar-refractivity contribution < 1.29 is 27.5 Å². The Kier molecular flexibility index (Phi) is 10.0. The fourth-order valence-corrected chi connectivity index (χ4v) is 6.60. The molecule has 1 heterocycles. The van der Waals surface area contributed by atoms with Gasteiger partial charge in [-0.15, -0.1) is 0 Å². The number of amides is 2. The zero-order valence-electron chi connectivity index (χ0n) is 25.4. The highest BCUT2D eigenvalue weighted by molar-refractivity contribution is 7.92. The summed E-state index contributed by atoms with van der Waals surface area (Å²) in [6, 6.07) is 29.0. The first-order valence-electron chi connectivity index (χ1n) is 14.9. The number of nitrogens with zero attached hydrogens (tertiary/aromatic N) is 2. The minimum absolute atomic E-state index is 0.0299. The van der Waals surface area contributed by atoms with Crippen molar-refractivity contribution in [2.45, 2.75) is 37.8 Å². The number of hydrogen-bond acceptors (Lipinski definition) is 6. The van der Waals surface area contributed by atoms with E-state index >= 15 is 0 Å². The number of sulfonamides is 1. The average Bonchev–Trinajstić information content (AvgIpc) is 3.06. The lowest BCUT2D eigenvalue weighted by molar-refractivity contribution is -0.140. The molecule has 4 aromatic carbocycles. The molecule has 0 bridgehead atoms. The number of ether oxygens (including phenoxy) is 2. The zero-order chi connectivity index (χ0) is 31.8. The summed E-state index contributed by atoms with van der Waals surface area (Å²) in [6.45, 7) is 4.43. The Labute approximate surface area is 264 Å². The number of carbonyl (C=O) groups excluding carboxylic acids is 2. The molecular formula is C35H37N3O6S. The molecule has 0 saturated heterocycles. The Morgan fingerprint density at radius 1 is 0.822 bits per heavy atom. The highest BCUT2D eigenvalue weighted by atomic mass is 32.2. The van der Waals surface area contributed by atoms with Crippen LogP contribution in [0.3, 0.4) is 0 Å². The second-order valence-electron chi connectivity index (χ2n) is 10.8. The van der Waals surface area contributed by atoms with Gasteiger partial charge >= 0.3 is 0 Å². The van der Waals surface area contributed by atoms with E-state index in [9.17, 15) is 18.0 Å². The molecule has 5 rings (SSSR count). The standard InChI is InChI=1S/C35H37N3O6S/c1-3-36-35(40)31(22-27-10-6-4-7-11-27)37(24-28-16-14-26(2)15-17-28)34(39)25-38(45(41,42)30-12-8-5-9-13-30)29-18-19-32-33(23-29)44-21-20-43-32/h4-19,23,31H,3,20-22,24-25H2,1-2H3,(H,36,40)/t31-/m0/s1. The third-order valence-electron chi connectivity index (χ3n) is 7.52. The molecular weight excluding hydrogens is 590 g/mol. The lowest BCUT2D eigenvalue weighted by atomic mass is 10.0. The molecule has 1 aliphatic rings. The van der Waals surface area contributed by atoms with Gasteiger partial charge in [0.1, 0.15) is 25.8 Å². The van der Waals surface area contributed by atoms with Crippen LogP contribution in [0, 0.1) is 6.92 Å². The summed E-state index contributed by atoms with van der Waals surface area (Å²) in [4.78, 5) is 29.6. The largest absolute Gasteiger partial charge is 0.486 e. The van der Waals surface area contributed by atoms with E-state index in [0.29, 0.717) is 31.3 Å². The average molecular weight is 628 g/mol. The van der Waals surface area contributed by atoms with Gasteiger partial charge in [-0.3, -0.25) is 13.9 Å². The van der Waals surface area contributed by atoms with Crippen LogP contribution in [0.5, 0.6) is 11.5 Å². The number of likely N-dealkylation sites (N-methyl/N-ethyl adjacent to an activating group) is 1. The van der Waals surface area contributed by atoms with Gasteiger partial charge in [0.2, 0.25) is 11.8 Å². The summed E-state index contributed by atoms with van der Waals surface area (Å²) in [6.07, 6.45) is 0.250. The first-order valence-corrected chi connectivity index (χ1v) is 16.3. The molecule has 45 heavy (non-hydrogen) atoms. The summed E-state index contributed by atoms with van der Waals surface area (Å²) >= 11 is 0. The fourth-order valence-electron chi connectivity index (χ4n) is 5.17. The topological polar surface area (TPSA) is 105 Å². The molecule has 10 heteroatoms. The maximum absolute atomic E-state index is 14.5. The molecule has 0 aliphatic carbocycles. The van der Waals surface area contributed by atoms with E-state index in [4.69, 9.17) is 9.47 Å². The van der Waals surface area contributed by atoms with E-state index in [1.165, 1.54) is 17.0 Å². The number of aryl methyl sites for hydroxylation is 1. The van der Waals surface area contributed by atoms with Crippen molar-refractivity contribution in [2.75, 3.05) is 30.6 Å². The van der Waals surface area contributed by atoms with Crippen molar-refractivity contribution in [3.05, 3.63) is 120 Å². The number of nitrogens with one attached hydrogen (secondary N) is 1. The van der Waals surface area contributed by atoms with E-state index in [0.717, 1.165) is 21.0 Å². The summed E-state index contributed by atoms with van der Waals surface area (Å²) in [5.41, 5.74) is 2.98. The van der Waals surface area contributed by atoms with Crippen LogP contribution >= 0.6 is 0 Å². The van der Waals surface area contributed by atoms with Crippen molar-refractivity contribution >= 4 is 27.5 Å². The first kappa shape index (κ1) is 31.6. The van der Waals surface area contributed by atoms with Gasteiger partial charge in [0, 0.05) is 25.6 Å². The summed E-state index contributed by atoms with van der Waals surface area (Å²) in [7, 11) is -4.21. The molecule has 0 aromatic heterocycles. The minimum Gasteiger partial charge on any atom is -0.486 e. The van der Waals surface area contributed by atoms with Crippen molar-refractivity contribution in [3.8, 4) is 11.5 Å². The van der Waals surface area contributed by atoms with Gasteiger partial charge in [0.15, 0.2) is 11.5 Å². The van der Waals surface area contributed by atoms with Crippen LogP contribution in [-0.4, -0.2) is 57.5 Å². The van der Waals surface area contributed by atoms with Gasteiger partial charge in [-0.1, -0.05) is 78.4 Å². The van der Waals surface area contributed by atoms with Gasteiger partial charge in [0.05, 0.1) is 10.6 Å². The van der Waals surface area contributed by atoms with E-state index < -0.39 is 28.5 Å². The van der Waals surface area contributed by atoms with Gasteiger partial charge < -0.3 is 19.7 Å². The van der Waals surface area contributed by atoms with Crippen molar-refractivity contribution in [3.63, 3.8) is 0 Å². The Balaban J connectivity index is 1.57. The van der Waals surface area contributed by atoms with Crippen LogP contribution in [0.25, 0.3) is 0 Å². The van der Waals surface area contributed by atoms with Crippen molar-refractivity contribution in [1.82, 2.24) is 10.2 Å². The number of rotatable bonds is 12. The Morgan fingerprint density at radius 3 is 2.13 bits per heavy atom. The van der Waals surface area contributed by atoms with Gasteiger partial charge in [-0.25, -0.2) is 8.42 Å². The number of hydrogen-bond donors (Lipinski definition) is 1. The number of fused-ring (bicyclic) bond motifs is 1. The number of benzene rings is 4. The lowest BCUT2D eigenvalue weighted by Crippen LogP contribution is -2.53. The molecule has 0 fully saturated rings. The van der Waals surface area contributed by atoms with E-state index in [2.05, 4.69) is 5.32 Å². The molecule has 1 N–H and O–H groups in total. The van der Waals surface area contributed by atoms with E-state index in [1.807, 2.05) is 68.4 Å². The van der Waals surface area contributed by atoms with Crippen LogP contribution in [0.15, 0.2) is 108 Å². The SMILES string of the molecule is CCNC(=O)[C@H](Cc1ccccc1)N(Cc1ccc(C)cc1)C(=O)CN(c1ccc2c(c1)OCCO2)S(=O)(=O)c1ccccc1. The Hall–Kier alpha value is -4.83. The normalized spacial score (nSPS) is 13.0. The minimum atomic E-state index is -4.21. The third-order valence-corrected chi connectivity index (χ3v) is 9.31. The van der Waals surface area contributed by atoms with Crippen molar-refractivity contribution in [1.29, 1.82) is 0 Å². The smallest absolute Gasteiger partial charge is 0.264 e. The zero-order valence-corrected chi connectivity index (χ0v) is 26.2. The van der Waals surface area contributed by atoms with E-state index in [-0.39, 0.29) is 29.5 Å². The van der Waals surface area contributed by atoms with Crippen LogP contribution in [0.1, 0.15) is 23.6 Å². The molecule has 1 aliphatic heterocycles. The molecule has 234 valence electrons. The maximum Gasteiger partial charge on any atom is 0.264 e. The molecule has 0 unspecified atom stereocenters. The van der Waals surface area contributed by atoms with Crippen LogP contribution in [0.2, 0.25) is 0 Å². The van der Waals surface area contributed by atoms with Crippen LogP contribution in [-0.2, 0) is 32.6 Å². The molecule has 9 nitrogen and oxygen atoms in total. The predicted octanol–water partition coefficient (Wildman–Crippen LogP) is 4.74. The first-order chi connectivity index (χ1) is 21.8. The second-order valence-corrected chi connectivity index (χ2v) is 12.6. The summed E-state index contributed by atoms with van der Waals surface area (Å²) in [5.74, 6) is 0.0320. The summed E-state index contributed by atoms with van der Waals surface area (Å²) in [5, 5.41) is 2.88. The van der Waals surface area contributed by atoms with Crippen LogP contribution in [0.4, 0.5) is 5.69 Å². The second kappa shape index (κ2) is 14.3. The number of anilines is 1. The molecule has 0 saturated carbocycles. The van der Waals surface area contributed by atoms with E-state index in [1.54, 1.807) is 36.4 Å². The van der Waals surface area contributed by atoms with Gasteiger partial charge in [-0.2, -0.15) is 0 Å². The quantitative estimate of drug-likeness (QED) is 0.243. The molecule has 4 aromatic rings. The maximum atomic E-state index is 14.5. The summed E-state index contributed by atoms with van der Waals surface area (Å²) < 4.78 is 40.8. The fraction of sp³-hybridized carbons (Fsp3) is 0.257. The molecule has 0 radical (unpaired) electrons.